The quantitative estimate of drug-likeness (QED) is 0.625. The predicted octanol–water partition coefficient (Wildman–Crippen LogP) is 3.92. The van der Waals surface area contributed by atoms with Gasteiger partial charge in [-0.25, -0.2) is 0 Å². The Labute approximate surface area is 205 Å². The summed E-state index contributed by atoms with van der Waals surface area (Å²) in [4.78, 5) is 16.7. The molecule has 1 saturated carbocycles. The number of anilines is 2. The van der Waals surface area contributed by atoms with Gasteiger partial charge in [-0.2, -0.15) is 10.2 Å². The van der Waals surface area contributed by atoms with E-state index in [1.807, 2.05) is 11.8 Å². The van der Waals surface area contributed by atoms with E-state index in [-0.39, 0.29) is 11.3 Å². The van der Waals surface area contributed by atoms with E-state index < -0.39 is 0 Å². The van der Waals surface area contributed by atoms with E-state index in [0.717, 1.165) is 81.2 Å². The second-order valence-corrected chi connectivity index (χ2v) is 10.8. The summed E-state index contributed by atoms with van der Waals surface area (Å²) >= 11 is 0. The van der Waals surface area contributed by atoms with Gasteiger partial charge in [0, 0.05) is 66.7 Å². The molecule has 1 unspecified atom stereocenters. The number of H-pyrrole nitrogens is 1. The lowest BCUT2D eigenvalue weighted by atomic mass is 9.97. The zero-order valence-electron chi connectivity index (χ0n) is 20.5. The van der Waals surface area contributed by atoms with Gasteiger partial charge < -0.3 is 14.5 Å². The van der Waals surface area contributed by atoms with Crippen molar-refractivity contribution < 1.29 is 9.53 Å². The summed E-state index contributed by atoms with van der Waals surface area (Å²) in [5, 5.41) is 12.8. The number of ether oxygens (including phenoxy) is 1. The molecular formula is C27H32N6O2. The van der Waals surface area contributed by atoms with Gasteiger partial charge in [-0.3, -0.25) is 14.6 Å². The molecule has 0 bridgehead atoms. The number of benzene rings is 1. The minimum Gasteiger partial charge on any atom is -0.381 e. The average molecular weight is 473 g/mol. The van der Waals surface area contributed by atoms with Crippen molar-refractivity contribution in [1.29, 1.82) is 0 Å². The highest BCUT2D eigenvalue weighted by molar-refractivity contribution is 5.76. The van der Waals surface area contributed by atoms with Crippen LogP contribution in [0, 0.1) is 12.3 Å². The number of nitrogens with zero attached hydrogens (tertiary/aromatic N) is 5. The first-order valence-corrected chi connectivity index (χ1v) is 12.9. The minimum atomic E-state index is 0.138. The van der Waals surface area contributed by atoms with Crippen LogP contribution in [0.1, 0.15) is 54.7 Å². The van der Waals surface area contributed by atoms with E-state index in [1.54, 1.807) is 6.92 Å². The number of nitrogens with one attached hydrogen (secondary N) is 1. The molecule has 1 N–H and O–H groups in total. The number of aromatic amines is 1. The fourth-order valence-corrected chi connectivity index (χ4v) is 6.43. The Morgan fingerprint density at radius 1 is 1.23 bits per heavy atom. The van der Waals surface area contributed by atoms with Crippen LogP contribution in [-0.4, -0.2) is 57.1 Å². The third-order valence-corrected chi connectivity index (χ3v) is 8.54. The van der Waals surface area contributed by atoms with Gasteiger partial charge in [0.2, 0.25) is 5.91 Å². The van der Waals surface area contributed by atoms with Crippen molar-refractivity contribution in [3.8, 4) is 11.3 Å². The second kappa shape index (κ2) is 7.68. The maximum Gasteiger partial charge on any atom is 0.219 e. The summed E-state index contributed by atoms with van der Waals surface area (Å²) in [6.45, 7) is 7.78. The number of hydrogen-bond acceptors (Lipinski definition) is 5. The lowest BCUT2D eigenvalue weighted by Gasteiger charge is -2.32. The van der Waals surface area contributed by atoms with Crippen molar-refractivity contribution in [2.75, 3.05) is 31.2 Å². The van der Waals surface area contributed by atoms with E-state index in [9.17, 15) is 4.79 Å². The van der Waals surface area contributed by atoms with Crippen molar-refractivity contribution in [1.82, 2.24) is 24.9 Å². The maximum absolute atomic E-state index is 12.3. The van der Waals surface area contributed by atoms with Crippen LogP contribution >= 0.6 is 0 Å². The van der Waals surface area contributed by atoms with E-state index >= 15 is 0 Å². The summed E-state index contributed by atoms with van der Waals surface area (Å²) in [5.41, 5.74) is 8.58. The van der Waals surface area contributed by atoms with Crippen LogP contribution in [-0.2, 0) is 28.9 Å². The Morgan fingerprint density at radius 2 is 2.14 bits per heavy atom. The monoisotopic (exact) mass is 472 g/mol. The van der Waals surface area contributed by atoms with Crippen LogP contribution < -0.4 is 4.90 Å². The molecule has 2 aromatic heterocycles. The lowest BCUT2D eigenvalue weighted by molar-refractivity contribution is -0.129. The predicted molar refractivity (Wildman–Crippen MR) is 133 cm³/mol. The molecule has 182 valence electrons. The van der Waals surface area contributed by atoms with E-state index in [2.05, 4.69) is 44.0 Å². The lowest BCUT2D eigenvalue weighted by Crippen LogP contribution is -2.35. The van der Waals surface area contributed by atoms with E-state index in [0.29, 0.717) is 12.6 Å². The van der Waals surface area contributed by atoms with Gasteiger partial charge in [-0.15, -0.1) is 0 Å². The Morgan fingerprint density at radius 3 is 2.91 bits per heavy atom. The normalized spacial score (nSPS) is 25.1. The first kappa shape index (κ1) is 21.2. The van der Waals surface area contributed by atoms with Crippen LogP contribution in [0.4, 0.5) is 11.5 Å². The standard InChI is InChI=1S/C27H32N6O2/c1-17-12-22(29-28-17)19-5-6-23-20(13-19)4-3-9-32(23)26-21-15-31(18(2)34)10-7-24(21)33(30-26)25-14-27(25)8-11-35-16-27/h5-6,12-13,25H,3-4,7-11,14-16H2,1-2H3,(H,28,29)/t25?,27-/m1/s1. The van der Waals surface area contributed by atoms with Crippen LogP contribution in [0.5, 0.6) is 0 Å². The highest BCUT2D eigenvalue weighted by Crippen LogP contribution is 2.61. The second-order valence-electron chi connectivity index (χ2n) is 10.8. The molecule has 8 heteroatoms. The number of amides is 1. The van der Waals surface area contributed by atoms with Crippen LogP contribution in [0.15, 0.2) is 24.3 Å². The summed E-state index contributed by atoms with van der Waals surface area (Å²) in [5.74, 6) is 1.18. The summed E-state index contributed by atoms with van der Waals surface area (Å²) in [7, 11) is 0. The summed E-state index contributed by atoms with van der Waals surface area (Å²) in [6, 6.07) is 9.20. The fraction of sp³-hybridized carbons (Fsp3) is 0.519. The van der Waals surface area contributed by atoms with Gasteiger partial charge in [0.05, 0.1) is 24.9 Å². The third kappa shape index (κ3) is 3.33. The van der Waals surface area contributed by atoms with Gasteiger partial charge in [-0.05, 0) is 56.4 Å². The summed E-state index contributed by atoms with van der Waals surface area (Å²) < 4.78 is 8.10. The molecule has 2 atom stereocenters. The number of rotatable bonds is 3. The zero-order chi connectivity index (χ0) is 23.7. The van der Waals surface area contributed by atoms with Crippen LogP contribution in [0.25, 0.3) is 11.3 Å². The molecule has 7 rings (SSSR count). The maximum atomic E-state index is 12.3. The van der Waals surface area contributed by atoms with Gasteiger partial charge in [0.25, 0.3) is 0 Å². The van der Waals surface area contributed by atoms with Crippen molar-refractivity contribution in [3.05, 3.63) is 46.8 Å². The number of aromatic nitrogens is 4. The molecule has 35 heavy (non-hydrogen) atoms. The molecule has 1 amide bonds. The third-order valence-electron chi connectivity index (χ3n) is 8.54. The topological polar surface area (TPSA) is 79.3 Å². The number of fused-ring (bicyclic) bond motifs is 2. The van der Waals surface area contributed by atoms with Gasteiger partial charge in [-0.1, -0.05) is 6.07 Å². The molecule has 3 aliphatic heterocycles. The molecule has 1 saturated heterocycles. The van der Waals surface area contributed by atoms with Gasteiger partial charge >= 0.3 is 0 Å². The number of aryl methyl sites for hydroxylation is 2. The molecule has 5 heterocycles. The van der Waals surface area contributed by atoms with Gasteiger partial charge in [0.1, 0.15) is 0 Å². The van der Waals surface area contributed by atoms with Crippen LogP contribution in [0.2, 0.25) is 0 Å². The number of carbonyl (C=O) groups is 1. The van der Waals surface area contributed by atoms with Crippen molar-refractivity contribution in [2.24, 2.45) is 5.41 Å². The van der Waals surface area contributed by atoms with Gasteiger partial charge in [0.15, 0.2) is 5.82 Å². The molecule has 8 nitrogen and oxygen atoms in total. The Kier molecular flexibility index (Phi) is 4.65. The largest absolute Gasteiger partial charge is 0.381 e. The van der Waals surface area contributed by atoms with E-state index in [1.165, 1.54) is 22.5 Å². The zero-order valence-corrected chi connectivity index (χ0v) is 20.5. The van der Waals surface area contributed by atoms with Crippen molar-refractivity contribution in [3.63, 3.8) is 0 Å². The van der Waals surface area contributed by atoms with Crippen molar-refractivity contribution in [2.45, 2.75) is 58.5 Å². The first-order valence-electron chi connectivity index (χ1n) is 12.9. The molecule has 4 aliphatic rings. The molecule has 3 aromatic rings. The highest BCUT2D eigenvalue weighted by Gasteiger charge is 2.59. The number of carbonyl (C=O) groups excluding carboxylic acids is 1. The summed E-state index contributed by atoms with van der Waals surface area (Å²) in [6.07, 6.45) is 5.28. The molecule has 1 aliphatic carbocycles. The Balaban J connectivity index is 1.29. The Bertz CT molecular complexity index is 1320. The first-order chi connectivity index (χ1) is 17.0. The van der Waals surface area contributed by atoms with E-state index in [4.69, 9.17) is 9.84 Å². The van der Waals surface area contributed by atoms with Crippen molar-refractivity contribution >= 4 is 17.4 Å². The molecule has 2 fully saturated rings. The fourth-order valence-electron chi connectivity index (χ4n) is 6.43. The molecule has 1 spiro atoms. The van der Waals surface area contributed by atoms with Crippen LogP contribution in [0.3, 0.4) is 0 Å². The SMILES string of the molecule is CC(=O)N1CCc2c(c(N3CCCc4cc(-c5cc(C)[nH]n5)ccc43)nn2C2C[C@@]23CCOC3)C1. The average Bonchev–Trinajstić information content (AvgIpc) is 3.23. The Hall–Kier alpha value is -3.13. The molecule has 1 aromatic carbocycles. The molecule has 0 radical (unpaired) electrons. The molecular weight excluding hydrogens is 440 g/mol. The highest BCUT2D eigenvalue weighted by atomic mass is 16.5. The minimum absolute atomic E-state index is 0.138. The smallest absolute Gasteiger partial charge is 0.219 e. The number of hydrogen-bond donors (Lipinski definition) is 1.